The van der Waals surface area contributed by atoms with Gasteiger partial charge in [0, 0.05) is 13.1 Å². The van der Waals surface area contributed by atoms with Crippen LogP contribution in [0.15, 0.2) is 47.4 Å². The maximum Gasteiger partial charge on any atom is 0.243 e. The molecule has 1 fully saturated rings. The summed E-state index contributed by atoms with van der Waals surface area (Å²) >= 11 is 5.74. The highest BCUT2D eigenvalue weighted by molar-refractivity contribution is 7.89. The fraction of sp³-hybridized carbons (Fsp3) is 0.333. The molecule has 25 heavy (non-hydrogen) atoms. The van der Waals surface area contributed by atoms with Gasteiger partial charge in [0.2, 0.25) is 10.0 Å². The lowest BCUT2D eigenvalue weighted by Gasteiger charge is -2.24. The van der Waals surface area contributed by atoms with Gasteiger partial charge in [-0.1, -0.05) is 30.2 Å². The number of rotatable bonds is 3. The van der Waals surface area contributed by atoms with Crippen molar-refractivity contribution in [1.29, 1.82) is 0 Å². The van der Waals surface area contributed by atoms with Crippen molar-refractivity contribution in [2.75, 3.05) is 13.1 Å². The molecule has 7 heteroatoms. The Balaban J connectivity index is 1.89. The molecule has 0 radical (unpaired) electrons. The van der Waals surface area contributed by atoms with E-state index < -0.39 is 15.8 Å². The number of hydrogen-bond donors (Lipinski definition) is 0. The highest BCUT2D eigenvalue weighted by Gasteiger charge is 2.30. The molecule has 1 atom stereocenters. The number of benzene rings is 2. The number of nitrogens with zero attached hydrogens (tertiary/aromatic N) is 1. The van der Waals surface area contributed by atoms with Crippen LogP contribution in [-0.2, 0) is 10.0 Å². The standard InChI is InChI=1S/C18H18ClF2NO2S/c19-17-11-16(8-9-18(17)21)25(23,24)22-10-2-1-3-14(12-22)13-4-6-15(20)7-5-13/h4-9,11,14H,1-3,10,12H2. The topological polar surface area (TPSA) is 37.4 Å². The van der Waals surface area contributed by atoms with Crippen LogP contribution in [0.5, 0.6) is 0 Å². The molecule has 1 heterocycles. The van der Waals surface area contributed by atoms with E-state index in [1.165, 1.54) is 22.5 Å². The van der Waals surface area contributed by atoms with Crippen LogP contribution in [0, 0.1) is 11.6 Å². The number of halogens is 3. The predicted octanol–water partition coefficient (Wildman–Crippen LogP) is 4.58. The highest BCUT2D eigenvalue weighted by atomic mass is 35.5. The van der Waals surface area contributed by atoms with Gasteiger partial charge in [0.25, 0.3) is 0 Å². The molecule has 0 aromatic heterocycles. The quantitative estimate of drug-likeness (QED) is 0.775. The van der Waals surface area contributed by atoms with Gasteiger partial charge in [-0.05, 0) is 54.7 Å². The highest BCUT2D eigenvalue weighted by Crippen LogP contribution is 2.30. The monoisotopic (exact) mass is 385 g/mol. The van der Waals surface area contributed by atoms with E-state index in [1.807, 2.05) is 0 Å². The van der Waals surface area contributed by atoms with E-state index in [0.717, 1.165) is 37.0 Å². The second-order valence-corrected chi connectivity index (χ2v) is 8.53. The molecule has 2 aromatic carbocycles. The van der Waals surface area contributed by atoms with Crippen molar-refractivity contribution in [3.05, 3.63) is 64.7 Å². The van der Waals surface area contributed by atoms with Crippen molar-refractivity contribution in [2.45, 2.75) is 30.1 Å². The average Bonchev–Trinajstić information content (AvgIpc) is 2.84. The zero-order valence-electron chi connectivity index (χ0n) is 13.5. The minimum Gasteiger partial charge on any atom is -0.207 e. The van der Waals surface area contributed by atoms with Crippen LogP contribution >= 0.6 is 11.6 Å². The molecule has 134 valence electrons. The van der Waals surface area contributed by atoms with Gasteiger partial charge in [0.05, 0.1) is 9.92 Å². The van der Waals surface area contributed by atoms with Gasteiger partial charge in [0.15, 0.2) is 0 Å². The molecule has 1 unspecified atom stereocenters. The van der Waals surface area contributed by atoms with Crippen LogP contribution in [-0.4, -0.2) is 25.8 Å². The maximum atomic E-state index is 13.3. The van der Waals surface area contributed by atoms with Crippen molar-refractivity contribution < 1.29 is 17.2 Å². The van der Waals surface area contributed by atoms with Gasteiger partial charge in [-0.3, -0.25) is 0 Å². The van der Waals surface area contributed by atoms with Crippen molar-refractivity contribution in [3.63, 3.8) is 0 Å². The van der Waals surface area contributed by atoms with E-state index in [9.17, 15) is 17.2 Å². The Morgan fingerprint density at radius 1 is 1.04 bits per heavy atom. The molecule has 1 aliphatic heterocycles. The maximum absolute atomic E-state index is 13.3. The van der Waals surface area contributed by atoms with E-state index in [4.69, 9.17) is 11.6 Å². The zero-order chi connectivity index (χ0) is 18.0. The van der Waals surface area contributed by atoms with Crippen LogP contribution in [0.25, 0.3) is 0 Å². The Kier molecular flexibility index (Phi) is 5.41. The van der Waals surface area contributed by atoms with Crippen LogP contribution < -0.4 is 0 Å². The first-order valence-corrected chi connectivity index (χ1v) is 9.90. The summed E-state index contributed by atoms with van der Waals surface area (Å²) in [5, 5.41) is -0.217. The van der Waals surface area contributed by atoms with Crippen LogP contribution in [0.3, 0.4) is 0 Å². The molecular formula is C18H18ClF2NO2S. The summed E-state index contributed by atoms with van der Waals surface area (Å²) in [6, 6.07) is 9.61. The summed E-state index contributed by atoms with van der Waals surface area (Å²) in [7, 11) is -3.77. The largest absolute Gasteiger partial charge is 0.243 e. The third-order valence-corrected chi connectivity index (χ3v) is 6.66. The zero-order valence-corrected chi connectivity index (χ0v) is 15.0. The van der Waals surface area contributed by atoms with Gasteiger partial charge in [-0.15, -0.1) is 0 Å². The molecule has 0 spiro atoms. The van der Waals surface area contributed by atoms with Gasteiger partial charge in [0.1, 0.15) is 11.6 Å². The van der Waals surface area contributed by atoms with Crippen molar-refractivity contribution >= 4 is 21.6 Å². The van der Waals surface area contributed by atoms with E-state index in [0.29, 0.717) is 13.1 Å². The van der Waals surface area contributed by atoms with Crippen molar-refractivity contribution in [2.24, 2.45) is 0 Å². The first-order valence-electron chi connectivity index (χ1n) is 8.08. The fourth-order valence-electron chi connectivity index (χ4n) is 3.12. The van der Waals surface area contributed by atoms with E-state index >= 15 is 0 Å². The first kappa shape index (κ1) is 18.3. The Bertz CT molecular complexity index is 856. The normalized spacial score (nSPS) is 19.6. The van der Waals surface area contributed by atoms with Gasteiger partial charge in [-0.2, -0.15) is 4.31 Å². The van der Waals surface area contributed by atoms with Crippen LogP contribution in [0.4, 0.5) is 8.78 Å². The summed E-state index contributed by atoms with van der Waals surface area (Å²) in [5.41, 5.74) is 0.917. The Hall–Kier alpha value is -1.50. The Labute approximate surface area is 151 Å². The smallest absolute Gasteiger partial charge is 0.207 e. The van der Waals surface area contributed by atoms with Gasteiger partial charge < -0.3 is 0 Å². The number of hydrogen-bond acceptors (Lipinski definition) is 2. The van der Waals surface area contributed by atoms with Gasteiger partial charge >= 0.3 is 0 Å². The SMILES string of the molecule is O=S(=O)(c1ccc(F)c(Cl)c1)N1CCCCC(c2ccc(F)cc2)C1. The first-order chi connectivity index (χ1) is 11.9. The molecule has 0 N–H and O–H groups in total. The molecule has 0 amide bonds. The van der Waals surface area contributed by atoms with E-state index in [2.05, 4.69) is 0 Å². The third-order valence-electron chi connectivity index (χ3n) is 4.50. The Morgan fingerprint density at radius 3 is 2.44 bits per heavy atom. The third kappa shape index (κ3) is 4.02. The summed E-state index contributed by atoms with van der Waals surface area (Å²) in [6.45, 7) is 0.706. The van der Waals surface area contributed by atoms with Crippen LogP contribution in [0.2, 0.25) is 5.02 Å². The lowest BCUT2D eigenvalue weighted by Crippen LogP contribution is -2.34. The minimum absolute atomic E-state index is 0.00575. The van der Waals surface area contributed by atoms with Crippen molar-refractivity contribution in [1.82, 2.24) is 4.31 Å². The lowest BCUT2D eigenvalue weighted by atomic mass is 9.95. The van der Waals surface area contributed by atoms with E-state index in [1.54, 1.807) is 12.1 Å². The molecular weight excluding hydrogens is 368 g/mol. The minimum atomic E-state index is -3.77. The molecule has 2 aromatic rings. The number of sulfonamides is 1. The van der Waals surface area contributed by atoms with Crippen molar-refractivity contribution in [3.8, 4) is 0 Å². The van der Waals surface area contributed by atoms with E-state index in [-0.39, 0.29) is 21.7 Å². The lowest BCUT2D eigenvalue weighted by molar-refractivity contribution is 0.406. The molecule has 0 aliphatic carbocycles. The molecule has 3 nitrogen and oxygen atoms in total. The fourth-order valence-corrected chi connectivity index (χ4v) is 4.91. The predicted molar refractivity (Wildman–Crippen MR) is 93.2 cm³/mol. The Morgan fingerprint density at radius 2 is 1.76 bits per heavy atom. The molecule has 1 saturated heterocycles. The van der Waals surface area contributed by atoms with Gasteiger partial charge in [-0.25, -0.2) is 17.2 Å². The summed E-state index contributed by atoms with van der Waals surface area (Å²) in [5.74, 6) is -0.975. The second kappa shape index (κ2) is 7.40. The average molecular weight is 386 g/mol. The summed E-state index contributed by atoms with van der Waals surface area (Å²) in [4.78, 5) is -0.0151. The second-order valence-electron chi connectivity index (χ2n) is 6.18. The molecule has 3 rings (SSSR count). The molecule has 1 aliphatic rings. The summed E-state index contributed by atoms with van der Waals surface area (Å²) in [6.07, 6.45) is 2.46. The molecule has 0 bridgehead atoms. The van der Waals surface area contributed by atoms with Crippen LogP contribution in [0.1, 0.15) is 30.7 Å². The molecule has 0 saturated carbocycles. The summed E-state index contributed by atoms with van der Waals surface area (Å²) < 4.78 is 53.7.